The van der Waals surface area contributed by atoms with Crippen molar-refractivity contribution in [3.63, 3.8) is 0 Å². The van der Waals surface area contributed by atoms with Crippen LogP contribution in [0.2, 0.25) is 0 Å². The topological polar surface area (TPSA) is 77.4 Å². The van der Waals surface area contributed by atoms with Crippen LogP contribution in [0.4, 0.5) is 0 Å². The molecule has 1 aromatic carbocycles. The molecule has 2 aromatic rings. The van der Waals surface area contributed by atoms with Crippen molar-refractivity contribution in [3.8, 4) is 5.75 Å². The van der Waals surface area contributed by atoms with Crippen molar-refractivity contribution in [1.82, 2.24) is 20.4 Å². The van der Waals surface area contributed by atoms with Gasteiger partial charge in [-0.15, -0.1) is 12.4 Å². The Hall–Kier alpha value is -2.09. The van der Waals surface area contributed by atoms with Gasteiger partial charge in [-0.2, -0.15) is 5.10 Å². The Bertz CT molecular complexity index is 703. The Morgan fingerprint density at radius 2 is 2.11 bits per heavy atom. The van der Waals surface area contributed by atoms with E-state index in [-0.39, 0.29) is 18.3 Å². The van der Waals surface area contributed by atoms with Crippen LogP contribution in [-0.2, 0) is 21.6 Å². The second-order valence-electron chi connectivity index (χ2n) is 6.40. The van der Waals surface area contributed by atoms with E-state index >= 15 is 0 Å². The molecule has 0 saturated carbocycles. The molecular weight excluding hydrogens is 368 g/mol. The van der Waals surface area contributed by atoms with E-state index in [1.807, 2.05) is 36.5 Å². The van der Waals surface area contributed by atoms with Gasteiger partial charge in [-0.1, -0.05) is 12.1 Å². The zero-order valence-corrected chi connectivity index (χ0v) is 16.3. The van der Waals surface area contributed by atoms with E-state index in [0.717, 1.165) is 37.2 Å². The molecule has 0 atom stereocenters. The van der Waals surface area contributed by atoms with Crippen molar-refractivity contribution in [3.05, 3.63) is 48.3 Å². The summed E-state index contributed by atoms with van der Waals surface area (Å²) in [4.78, 5) is 13.0. The number of nitrogens with zero attached hydrogens (tertiary/aromatic N) is 2. The number of ether oxygens (including phenoxy) is 2. The van der Waals surface area contributed by atoms with Crippen LogP contribution < -0.4 is 15.4 Å². The van der Waals surface area contributed by atoms with Crippen LogP contribution in [0.25, 0.3) is 0 Å². The molecule has 0 unspecified atom stereocenters. The number of rotatable bonds is 8. The second kappa shape index (κ2) is 10.3. The predicted molar refractivity (Wildman–Crippen MR) is 105 cm³/mol. The Balaban J connectivity index is 0.00000261. The zero-order valence-electron chi connectivity index (χ0n) is 15.5. The highest BCUT2D eigenvalue weighted by Crippen LogP contribution is 2.27. The van der Waals surface area contributed by atoms with Crippen LogP contribution in [-0.4, -0.2) is 49.1 Å². The van der Waals surface area contributed by atoms with Gasteiger partial charge in [0, 0.05) is 26.0 Å². The van der Waals surface area contributed by atoms with Gasteiger partial charge in [0.15, 0.2) is 0 Å². The molecule has 1 aliphatic rings. The van der Waals surface area contributed by atoms with Crippen molar-refractivity contribution in [2.75, 3.05) is 33.4 Å². The van der Waals surface area contributed by atoms with Gasteiger partial charge in [0.2, 0.25) is 5.91 Å². The maximum absolute atomic E-state index is 13.0. The van der Waals surface area contributed by atoms with Crippen molar-refractivity contribution in [2.45, 2.75) is 24.9 Å². The fourth-order valence-electron chi connectivity index (χ4n) is 3.26. The van der Waals surface area contributed by atoms with Gasteiger partial charge in [-0.3, -0.25) is 9.48 Å². The summed E-state index contributed by atoms with van der Waals surface area (Å²) in [5, 5.41) is 10.7. The van der Waals surface area contributed by atoms with Gasteiger partial charge < -0.3 is 20.1 Å². The lowest BCUT2D eigenvalue weighted by Gasteiger charge is -2.36. The van der Waals surface area contributed by atoms with E-state index in [1.165, 1.54) is 0 Å². The summed E-state index contributed by atoms with van der Waals surface area (Å²) < 4.78 is 12.4. The van der Waals surface area contributed by atoms with Crippen molar-refractivity contribution in [2.24, 2.45) is 0 Å². The molecule has 7 nitrogen and oxygen atoms in total. The number of nitrogens with one attached hydrogen (secondary N) is 2. The molecule has 3 rings (SSSR count). The molecule has 148 valence electrons. The van der Waals surface area contributed by atoms with Crippen LogP contribution in [0, 0.1) is 0 Å². The number of piperidine rings is 1. The third kappa shape index (κ3) is 5.22. The predicted octanol–water partition coefficient (Wildman–Crippen LogP) is 1.73. The zero-order chi connectivity index (χ0) is 18.2. The van der Waals surface area contributed by atoms with Crippen LogP contribution >= 0.6 is 12.4 Å². The first-order chi connectivity index (χ1) is 12.7. The van der Waals surface area contributed by atoms with E-state index in [2.05, 4.69) is 15.7 Å². The molecule has 2 N–H and O–H groups in total. The van der Waals surface area contributed by atoms with Crippen LogP contribution in [0.3, 0.4) is 0 Å². The minimum atomic E-state index is -0.624. The van der Waals surface area contributed by atoms with Gasteiger partial charge in [0.25, 0.3) is 0 Å². The van der Waals surface area contributed by atoms with E-state index in [0.29, 0.717) is 19.8 Å². The summed E-state index contributed by atoms with van der Waals surface area (Å²) in [5.74, 6) is 0.783. The molecule has 1 amide bonds. The quantitative estimate of drug-likeness (QED) is 0.667. The van der Waals surface area contributed by atoms with Crippen LogP contribution in [0.15, 0.2) is 42.7 Å². The Kier molecular flexibility index (Phi) is 8.09. The Morgan fingerprint density at radius 3 is 2.81 bits per heavy atom. The lowest BCUT2D eigenvalue weighted by atomic mass is 9.87. The number of hydrogen-bond acceptors (Lipinski definition) is 5. The van der Waals surface area contributed by atoms with Gasteiger partial charge in [-0.05, 0) is 49.7 Å². The first-order valence-corrected chi connectivity index (χ1v) is 8.94. The third-order valence-corrected chi connectivity index (χ3v) is 4.70. The minimum Gasteiger partial charge on any atom is -0.491 e. The molecular formula is C19H27ClN4O3. The van der Waals surface area contributed by atoms with E-state index in [9.17, 15) is 4.79 Å². The third-order valence-electron chi connectivity index (χ3n) is 4.70. The van der Waals surface area contributed by atoms with Crippen molar-refractivity contribution >= 4 is 18.3 Å². The number of hydrogen-bond donors (Lipinski definition) is 2. The molecule has 1 aliphatic heterocycles. The molecule has 1 fully saturated rings. The monoisotopic (exact) mass is 394 g/mol. The minimum absolute atomic E-state index is 0. The van der Waals surface area contributed by atoms with Crippen molar-refractivity contribution < 1.29 is 14.3 Å². The SMILES string of the molecule is COCCOc1cccc(CNC(=O)C2(n3cccn3)CCNCC2)c1.Cl. The number of aromatic nitrogens is 2. The average Bonchev–Trinajstić information content (AvgIpc) is 3.22. The Labute approximate surface area is 165 Å². The largest absolute Gasteiger partial charge is 0.491 e. The first kappa shape index (κ1) is 21.2. The van der Waals surface area contributed by atoms with Gasteiger partial charge >= 0.3 is 0 Å². The molecule has 0 spiro atoms. The van der Waals surface area contributed by atoms with Crippen LogP contribution in [0.5, 0.6) is 5.75 Å². The highest BCUT2D eigenvalue weighted by Gasteiger charge is 2.41. The van der Waals surface area contributed by atoms with Gasteiger partial charge in [0.1, 0.15) is 17.9 Å². The van der Waals surface area contributed by atoms with E-state index in [1.54, 1.807) is 18.0 Å². The van der Waals surface area contributed by atoms with Gasteiger partial charge in [-0.25, -0.2) is 0 Å². The summed E-state index contributed by atoms with van der Waals surface area (Å²) in [5.41, 5.74) is 0.374. The molecule has 2 heterocycles. The second-order valence-corrected chi connectivity index (χ2v) is 6.40. The first-order valence-electron chi connectivity index (χ1n) is 8.94. The molecule has 0 radical (unpaired) electrons. The standard InChI is InChI=1S/C19H26N4O3.ClH/c1-25-12-13-26-17-5-2-4-16(14-17)15-21-18(24)19(6-9-20-10-7-19)23-11-3-8-22-23;/h2-5,8,11,14,20H,6-7,9-10,12-13,15H2,1H3,(H,21,24);1H. The molecule has 1 aromatic heterocycles. The molecule has 8 heteroatoms. The summed E-state index contributed by atoms with van der Waals surface area (Å²) >= 11 is 0. The molecule has 0 aliphatic carbocycles. The van der Waals surface area contributed by atoms with Gasteiger partial charge in [0.05, 0.1) is 6.61 Å². The lowest BCUT2D eigenvalue weighted by Crippen LogP contribution is -2.54. The fourth-order valence-corrected chi connectivity index (χ4v) is 3.26. The smallest absolute Gasteiger partial charge is 0.248 e. The summed E-state index contributed by atoms with van der Waals surface area (Å²) in [7, 11) is 1.64. The van der Waals surface area contributed by atoms with Crippen molar-refractivity contribution in [1.29, 1.82) is 0 Å². The number of amides is 1. The van der Waals surface area contributed by atoms with E-state index < -0.39 is 5.54 Å². The average molecular weight is 395 g/mol. The maximum atomic E-state index is 13.0. The number of carbonyl (C=O) groups is 1. The number of carbonyl (C=O) groups excluding carboxylic acids is 1. The summed E-state index contributed by atoms with van der Waals surface area (Å²) in [6, 6.07) is 9.61. The molecule has 0 bridgehead atoms. The summed E-state index contributed by atoms with van der Waals surface area (Å²) in [6.45, 7) is 3.10. The highest BCUT2D eigenvalue weighted by molar-refractivity contribution is 5.85. The molecule has 1 saturated heterocycles. The number of halogens is 1. The van der Waals surface area contributed by atoms with Crippen LogP contribution in [0.1, 0.15) is 18.4 Å². The normalized spacial score (nSPS) is 15.6. The number of methoxy groups -OCH3 is 1. The highest BCUT2D eigenvalue weighted by atomic mass is 35.5. The molecule has 27 heavy (non-hydrogen) atoms. The maximum Gasteiger partial charge on any atom is 0.248 e. The lowest BCUT2D eigenvalue weighted by molar-refractivity contribution is -0.132. The Morgan fingerprint density at radius 1 is 1.30 bits per heavy atom. The fraction of sp³-hybridized carbons (Fsp3) is 0.474. The number of benzene rings is 1. The summed E-state index contributed by atoms with van der Waals surface area (Å²) in [6.07, 6.45) is 5.04. The van der Waals surface area contributed by atoms with E-state index in [4.69, 9.17) is 9.47 Å².